The molecule has 1 aromatic rings. The van der Waals surface area contributed by atoms with Crippen molar-refractivity contribution >= 4 is 0 Å². The first-order valence-corrected chi connectivity index (χ1v) is 6.09. The Balaban J connectivity index is 3.28. The fraction of sp³-hybridized carbons (Fsp3) is 0.769. The highest BCUT2D eigenvalue weighted by Gasteiger charge is 2.24. The van der Waals surface area contributed by atoms with Crippen LogP contribution in [0.5, 0.6) is 0 Å². The molecule has 0 radical (unpaired) electrons. The number of nitrogens with one attached hydrogen (secondary N) is 1. The zero-order chi connectivity index (χ0) is 12.5. The summed E-state index contributed by atoms with van der Waals surface area (Å²) in [6.07, 6.45) is 0.882. The third-order valence-corrected chi connectivity index (χ3v) is 2.68. The zero-order valence-corrected chi connectivity index (χ0v) is 11.3. The summed E-state index contributed by atoms with van der Waals surface area (Å²) in [7, 11) is 0. The van der Waals surface area contributed by atoms with Gasteiger partial charge in [0, 0.05) is 17.8 Å². The van der Waals surface area contributed by atoms with Gasteiger partial charge in [-0.15, -0.1) is 0 Å². The highest BCUT2D eigenvalue weighted by molar-refractivity contribution is 5.25. The van der Waals surface area contributed by atoms with Crippen molar-refractivity contribution in [3.63, 3.8) is 0 Å². The maximum absolute atomic E-state index is 12.3. The molecule has 1 rings (SSSR count). The summed E-state index contributed by atoms with van der Waals surface area (Å²) in [6.45, 7) is 13.4. The molecule has 0 atom stereocenters. The maximum atomic E-state index is 12.3. The van der Waals surface area contributed by atoms with E-state index in [9.17, 15) is 4.79 Å². The fourth-order valence-corrected chi connectivity index (χ4v) is 2.06. The van der Waals surface area contributed by atoms with Gasteiger partial charge >= 0.3 is 0 Å². The highest BCUT2D eigenvalue weighted by Crippen LogP contribution is 2.22. The van der Waals surface area contributed by atoms with Crippen molar-refractivity contribution in [3.8, 4) is 0 Å². The highest BCUT2D eigenvalue weighted by atomic mass is 16.1. The van der Waals surface area contributed by atoms with Crippen molar-refractivity contribution in [1.29, 1.82) is 0 Å². The summed E-state index contributed by atoms with van der Waals surface area (Å²) in [5.74, 6) is 0.480. The smallest absolute Gasteiger partial charge is 0.270 e. The lowest BCUT2D eigenvalue weighted by atomic mass is 9.86. The van der Waals surface area contributed by atoms with Gasteiger partial charge in [0.25, 0.3) is 5.56 Å². The molecule has 0 spiro atoms. The number of nitrogens with zero attached hydrogens (tertiary/aromatic N) is 1. The molecule has 1 aromatic heterocycles. The second-order valence-electron chi connectivity index (χ2n) is 5.88. The molecular weight excluding hydrogens is 200 g/mol. The lowest BCUT2D eigenvalue weighted by molar-refractivity contribution is 0.468. The summed E-state index contributed by atoms with van der Waals surface area (Å²) in [5, 5.41) is 3.24. The van der Waals surface area contributed by atoms with Crippen LogP contribution in [0.4, 0.5) is 0 Å². The van der Waals surface area contributed by atoms with E-state index in [0.29, 0.717) is 5.92 Å². The van der Waals surface area contributed by atoms with Crippen LogP contribution in [0.25, 0.3) is 0 Å². The Kier molecular flexibility index (Phi) is 3.66. The predicted molar refractivity (Wildman–Crippen MR) is 68.0 cm³/mol. The standard InChI is InChI=1S/C13H24N2O/c1-7-10-11(13(4,5)6)12(16)15(14-10)8-9(2)3/h9,14H,7-8H2,1-6H3. The number of aromatic amines is 1. The Morgan fingerprint density at radius 2 is 1.88 bits per heavy atom. The van der Waals surface area contributed by atoms with Gasteiger partial charge in [0.15, 0.2) is 0 Å². The molecule has 0 fully saturated rings. The molecule has 92 valence electrons. The lowest BCUT2D eigenvalue weighted by Crippen LogP contribution is -2.27. The molecule has 0 saturated heterocycles. The van der Waals surface area contributed by atoms with Gasteiger partial charge in [-0.1, -0.05) is 41.5 Å². The van der Waals surface area contributed by atoms with E-state index in [2.05, 4.69) is 46.6 Å². The molecule has 0 aliphatic carbocycles. The summed E-state index contributed by atoms with van der Waals surface area (Å²) < 4.78 is 1.75. The largest absolute Gasteiger partial charge is 0.299 e. The quantitative estimate of drug-likeness (QED) is 0.842. The number of rotatable bonds is 3. The first kappa shape index (κ1) is 13.1. The van der Waals surface area contributed by atoms with E-state index in [1.807, 2.05) is 0 Å². The van der Waals surface area contributed by atoms with E-state index in [1.165, 1.54) is 0 Å². The molecule has 3 nitrogen and oxygen atoms in total. The van der Waals surface area contributed by atoms with Crippen LogP contribution in [0, 0.1) is 5.92 Å². The molecule has 1 heterocycles. The summed E-state index contributed by atoms with van der Waals surface area (Å²) in [5.41, 5.74) is 2.09. The van der Waals surface area contributed by atoms with E-state index >= 15 is 0 Å². The minimum absolute atomic E-state index is 0.0822. The van der Waals surface area contributed by atoms with E-state index in [1.54, 1.807) is 4.68 Å². The SMILES string of the molecule is CCc1[nH]n(CC(C)C)c(=O)c1C(C)(C)C. The Morgan fingerprint density at radius 1 is 1.31 bits per heavy atom. The molecule has 1 N–H and O–H groups in total. The number of hydrogen-bond donors (Lipinski definition) is 1. The van der Waals surface area contributed by atoms with Crippen molar-refractivity contribution < 1.29 is 0 Å². The van der Waals surface area contributed by atoms with E-state index in [0.717, 1.165) is 24.2 Å². The number of aryl methyl sites for hydroxylation is 1. The molecule has 0 unspecified atom stereocenters. The van der Waals surface area contributed by atoms with Gasteiger partial charge in [0.2, 0.25) is 0 Å². The van der Waals surface area contributed by atoms with E-state index < -0.39 is 0 Å². The number of hydrogen-bond acceptors (Lipinski definition) is 1. The number of aromatic nitrogens is 2. The molecule has 0 aromatic carbocycles. The molecule has 0 aliphatic rings. The first-order valence-electron chi connectivity index (χ1n) is 6.09. The van der Waals surface area contributed by atoms with Crippen LogP contribution >= 0.6 is 0 Å². The third-order valence-electron chi connectivity index (χ3n) is 2.68. The van der Waals surface area contributed by atoms with Crippen LogP contribution in [0.1, 0.15) is 52.8 Å². The average Bonchev–Trinajstić information content (AvgIpc) is 2.41. The third kappa shape index (κ3) is 2.57. The topological polar surface area (TPSA) is 37.8 Å². The molecule has 16 heavy (non-hydrogen) atoms. The summed E-state index contributed by atoms with van der Waals surface area (Å²) >= 11 is 0. The van der Waals surface area contributed by atoms with Gasteiger partial charge in [0.1, 0.15) is 0 Å². The summed E-state index contributed by atoms with van der Waals surface area (Å²) in [6, 6.07) is 0. The van der Waals surface area contributed by atoms with Crippen LogP contribution < -0.4 is 5.56 Å². The Labute approximate surface area is 97.8 Å². The van der Waals surface area contributed by atoms with Crippen molar-refractivity contribution in [2.24, 2.45) is 5.92 Å². The van der Waals surface area contributed by atoms with Gasteiger partial charge in [-0.05, 0) is 17.8 Å². The fourth-order valence-electron chi connectivity index (χ4n) is 2.06. The predicted octanol–water partition coefficient (Wildman–Crippen LogP) is 2.69. The first-order chi connectivity index (χ1) is 7.27. The van der Waals surface area contributed by atoms with Crippen LogP contribution in [0.15, 0.2) is 4.79 Å². The van der Waals surface area contributed by atoms with Crippen molar-refractivity contribution in [2.45, 2.75) is 59.9 Å². The second kappa shape index (κ2) is 4.48. The second-order valence-corrected chi connectivity index (χ2v) is 5.88. The minimum Gasteiger partial charge on any atom is -0.299 e. The average molecular weight is 224 g/mol. The molecule has 0 bridgehead atoms. The summed E-state index contributed by atoms with van der Waals surface area (Å²) in [4.78, 5) is 12.3. The van der Waals surface area contributed by atoms with E-state index in [-0.39, 0.29) is 11.0 Å². The van der Waals surface area contributed by atoms with Gasteiger partial charge in [-0.2, -0.15) is 0 Å². The molecular formula is C13H24N2O. The van der Waals surface area contributed by atoms with Crippen LogP contribution in [-0.4, -0.2) is 9.78 Å². The van der Waals surface area contributed by atoms with Crippen molar-refractivity contribution in [2.75, 3.05) is 0 Å². The monoisotopic (exact) mass is 224 g/mol. The van der Waals surface area contributed by atoms with Crippen molar-refractivity contribution in [3.05, 3.63) is 21.6 Å². The molecule has 0 aliphatic heterocycles. The normalized spacial score (nSPS) is 12.4. The van der Waals surface area contributed by atoms with Crippen molar-refractivity contribution in [1.82, 2.24) is 9.78 Å². The van der Waals surface area contributed by atoms with Crippen LogP contribution in [-0.2, 0) is 18.4 Å². The molecule has 0 saturated carbocycles. The van der Waals surface area contributed by atoms with Gasteiger partial charge in [-0.3, -0.25) is 14.6 Å². The Hall–Kier alpha value is -0.990. The minimum atomic E-state index is -0.0822. The molecule has 0 amide bonds. The maximum Gasteiger partial charge on any atom is 0.270 e. The lowest BCUT2D eigenvalue weighted by Gasteiger charge is -2.16. The number of H-pyrrole nitrogens is 1. The van der Waals surface area contributed by atoms with Crippen LogP contribution in [0.2, 0.25) is 0 Å². The Morgan fingerprint density at radius 3 is 2.19 bits per heavy atom. The van der Waals surface area contributed by atoms with Crippen LogP contribution in [0.3, 0.4) is 0 Å². The van der Waals surface area contributed by atoms with Gasteiger partial charge in [0.05, 0.1) is 0 Å². The van der Waals surface area contributed by atoms with Gasteiger partial charge < -0.3 is 0 Å². The van der Waals surface area contributed by atoms with Gasteiger partial charge in [-0.25, -0.2) is 0 Å². The zero-order valence-electron chi connectivity index (χ0n) is 11.3. The van der Waals surface area contributed by atoms with E-state index in [4.69, 9.17) is 0 Å². The molecule has 3 heteroatoms. The Bertz CT molecular complexity index is 405.